The number of aliphatic hydroxyl groups is 1. The van der Waals surface area contributed by atoms with Crippen molar-refractivity contribution in [3.8, 4) is 11.1 Å². The summed E-state index contributed by atoms with van der Waals surface area (Å²) in [7, 11) is 0. The number of nitrogens with zero attached hydrogens (tertiary/aromatic N) is 1. The highest BCUT2D eigenvalue weighted by molar-refractivity contribution is 6.76. The molecule has 3 aromatic carbocycles. The van der Waals surface area contributed by atoms with Gasteiger partial charge in [-0.15, -0.1) is 0 Å². The van der Waals surface area contributed by atoms with Crippen LogP contribution in [0.5, 0.6) is 0 Å². The molecule has 2 heterocycles. The Balaban J connectivity index is 1.31. The van der Waals surface area contributed by atoms with Crippen molar-refractivity contribution in [2.45, 2.75) is 74.0 Å². The van der Waals surface area contributed by atoms with Gasteiger partial charge in [-0.3, -0.25) is 4.79 Å². The molecule has 1 amide bonds. The molecule has 3 aromatic rings. The third-order valence-electron chi connectivity index (χ3n) is 8.18. The van der Waals surface area contributed by atoms with Gasteiger partial charge in [-0.05, 0) is 59.8 Å². The molecule has 0 bridgehead atoms. The van der Waals surface area contributed by atoms with Gasteiger partial charge in [0.2, 0.25) is 0 Å². The standard InChI is InChI=1S/C34H39Cl3N2O4/c35-34(36,37)33(41)38-21-25-7-6-8-29(19-25)26-13-15-28(16-14-26)32-42-30(22-39-17-4-2-1-3-5-18-39)20-31(43-32)27-11-9-24(23-40)10-12-27/h6-16,19,30-32,40H,1-5,17-18,20-23H2,(H,38,41)/t30-,31+,32+/m1/s1. The van der Waals surface area contributed by atoms with Crippen molar-refractivity contribution >= 4 is 40.7 Å². The zero-order valence-corrected chi connectivity index (χ0v) is 26.5. The van der Waals surface area contributed by atoms with Gasteiger partial charge in [0.05, 0.1) is 18.8 Å². The van der Waals surface area contributed by atoms with Crippen molar-refractivity contribution < 1.29 is 19.4 Å². The molecule has 0 saturated carbocycles. The van der Waals surface area contributed by atoms with Gasteiger partial charge in [0.15, 0.2) is 6.29 Å². The summed E-state index contributed by atoms with van der Waals surface area (Å²) < 4.78 is 11.2. The van der Waals surface area contributed by atoms with E-state index in [0.29, 0.717) is 0 Å². The summed E-state index contributed by atoms with van der Waals surface area (Å²) in [5.41, 5.74) is 5.88. The maximum absolute atomic E-state index is 11.9. The SMILES string of the molecule is O=C(NCc1cccc(-c2ccc([C@H]3O[C@@H](CN4CCCCCCC4)C[C@@H](c4ccc(CO)cc4)O3)cc2)c1)C(Cl)(Cl)Cl. The maximum atomic E-state index is 11.9. The number of hydrogen-bond donors (Lipinski definition) is 2. The van der Waals surface area contributed by atoms with Gasteiger partial charge in [0.25, 0.3) is 9.70 Å². The fraction of sp³-hybridized carbons (Fsp3) is 0.441. The quantitative estimate of drug-likeness (QED) is 0.247. The van der Waals surface area contributed by atoms with Crippen LogP contribution in [0, 0.1) is 0 Å². The highest BCUT2D eigenvalue weighted by atomic mass is 35.6. The highest BCUT2D eigenvalue weighted by Crippen LogP contribution is 2.39. The van der Waals surface area contributed by atoms with Crippen LogP contribution >= 0.6 is 34.8 Å². The molecule has 0 radical (unpaired) electrons. The van der Waals surface area contributed by atoms with Gasteiger partial charge >= 0.3 is 0 Å². The second-order valence-corrected chi connectivity index (χ2v) is 13.7. The van der Waals surface area contributed by atoms with E-state index in [2.05, 4.69) is 46.6 Å². The molecule has 230 valence electrons. The van der Waals surface area contributed by atoms with Crippen LogP contribution in [0.15, 0.2) is 72.8 Å². The third kappa shape index (κ3) is 9.18. The Bertz CT molecular complexity index is 1320. The Kier molecular flexibility index (Phi) is 11.4. The van der Waals surface area contributed by atoms with Crippen LogP contribution in [0.25, 0.3) is 11.1 Å². The van der Waals surface area contributed by atoms with Crippen molar-refractivity contribution in [3.05, 3.63) is 95.1 Å². The van der Waals surface area contributed by atoms with Crippen molar-refractivity contribution in [1.29, 1.82) is 0 Å². The van der Waals surface area contributed by atoms with E-state index in [1.54, 1.807) is 0 Å². The molecular formula is C34H39Cl3N2O4. The van der Waals surface area contributed by atoms with Crippen LogP contribution in [-0.2, 0) is 27.4 Å². The second-order valence-electron chi connectivity index (χ2n) is 11.4. The summed E-state index contributed by atoms with van der Waals surface area (Å²) in [5, 5.41) is 12.2. The lowest BCUT2D eigenvalue weighted by Gasteiger charge is -2.38. The second kappa shape index (κ2) is 15.2. The van der Waals surface area contributed by atoms with Gasteiger partial charge in [0, 0.05) is 25.1 Å². The van der Waals surface area contributed by atoms with Gasteiger partial charge in [0.1, 0.15) is 0 Å². The molecule has 0 aliphatic carbocycles. The number of nitrogens with one attached hydrogen (secondary N) is 1. The van der Waals surface area contributed by atoms with E-state index >= 15 is 0 Å². The first kappa shape index (κ1) is 32.2. The average Bonchev–Trinajstić information content (AvgIpc) is 3.01. The molecule has 0 unspecified atom stereocenters. The van der Waals surface area contributed by atoms with E-state index in [0.717, 1.165) is 59.4 Å². The van der Waals surface area contributed by atoms with Crippen LogP contribution in [0.4, 0.5) is 0 Å². The van der Waals surface area contributed by atoms with Crippen molar-refractivity contribution in [2.24, 2.45) is 0 Å². The van der Waals surface area contributed by atoms with Gasteiger partial charge in [-0.1, -0.05) is 121 Å². The molecule has 3 atom stereocenters. The Morgan fingerprint density at radius 2 is 1.51 bits per heavy atom. The monoisotopic (exact) mass is 644 g/mol. The van der Waals surface area contributed by atoms with Crippen LogP contribution in [0.3, 0.4) is 0 Å². The lowest BCUT2D eigenvalue weighted by Crippen LogP contribution is -2.40. The number of carbonyl (C=O) groups excluding carboxylic acids is 1. The first-order valence-electron chi connectivity index (χ1n) is 15.1. The predicted octanol–water partition coefficient (Wildman–Crippen LogP) is 7.64. The zero-order chi connectivity index (χ0) is 30.2. The molecule has 9 heteroatoms. The van der Waals surface area contributed by atoms with E-state index in [4.69, 9.17) is 44.3 Å². The normalized spacial score (nSPS) is 22.0. The highest BCUT2D eigenvalue weighted by Gasteiger charge is 2.33. The first-order chi connectivity index (χ1) is 20.8. The molecule has 0 spiro atoms. The lowest BCUT2D eigenvalue weighted by atomic mass is 9.98. The molecule has 2 aliphatic heterocycles. The Labute approximate surface area is 269 Å². The molecule has 2 fully saturated rings. The number of likely N-dealkylation sites (tertiary alicyclic amines) is 1. The minimum absolute atomic E-state index is 0.0218. The fourth-order valence-corrected chi connectivity index (χ4v) is 5.99. The van der Waals surface area contributed by atoms with Crippen LogP contribution in [0.2, 0.25) is 0 Å². The number of alkyl halides is 3. The van der Waals surface area contributed by atoms with E-state index in [9.17, 15) is 9.90 Å². The van der Waals surface area contributed by atoms with Gasteiger partial charge in [-0.25, -0.2) is 0 Å². The predicted molar refractivity (Wildman–Crippen MR) is 172 cm³/mol. The van der Waals surface area contributed by atoms with Crippen molar-refractivity contribution in [3.63, 3.8) is 0 Å². The average molecular weight is 646 g/mol. The van der Waals surface area contributed by atoms with Gasteiger partial charge < -0.3 is 24.8 Å². The third-order valence-corrected chi connectivity index (χ3v) is 8.69. The van der Waals surface area contributed by atoms with E-state index in [1.165, 1.54) is 32.1 Å². The van der Waals surface area contributed by atoms with Crippen molar-refractivity contribution in [1.82, 2.24) is 10.2 Å². The summed E-state index contributed by atoms with van der Waals surface area (Å²) in [5.74, 6) is -0.660. The van der Waals surface area contributed by atoms with Crippen LogP contribution < -0.4 is 5.32 Å². The first-order valence-corrected chi connectivity index (χ1v) is 16.2. The molecule has 2 aliphatic rings. The molecule has 43 heavy (non-hydrogen) atoms. The number of ether oxygens (including phenoxy) is 2. The summed E-state index contributed by atoms with van der Waals surface area (Å²) >= 11 is 17.0. The summed E-state index contributed by atoms with van der Waals surface area (Å²) in [6, 6.07) is 24.2. The number of halogens is 3. The molecule has 6 nitrogen and oxygen atoms in total. The van der Waals surface area contributed by atoms with Gasteiger partial charge in [-0.2, -0.15) is 0 Å². The largest absolute Gasteiger partial charge is 0.392 e. The summed E-state index contributed by atoms with van der Waals surface area (Å²) in [4.78, 5) is 14.5. The number of rotatable bonds is 8. The number of benzene rings is 3. The van der Waals surface area contributed by atoms with Crippen molar-refractivity contribution in [2.75, 3.05) is 19.6 Å². The molecule has 2 N–H and O–H groups in total. The smallest absolute Gasteiger partial charge is 0.272 e. The van der Waals surface area contributed by atoms with E-state index in [-0.39, 0.29) is 25.4 Å². The van der Waals surface area contributed by atoms with E-state index < -0.39 is 16.0 Å². The summed E-state index contributed by atoms with van der Waals surface area (Å²) in [6.07, 6.45) is 6.63. The number of carbonyl (C=O) groups is 1. The molecule has 2 saturated heterocycles. The number of amides is 1. The Morgan fingerprint density at radius 3 is 2.19 bits per heavy atom. The minimum atomic E-state index is -2.00. The Morgan fingerprint density at radius 1 is 0.837 bits per heavy atom. The minimum Gasteiger partial charge on any atom is -0.392 e. The fourth-order valence-electron chi connectivity index (χ4n) is 5.79. The topological polar surface area (TPSA) is 71.0 Å². The Hall–Kier alpha value is -2.16. The number of hydrogen-bond acceptors (Lipinski definition) is 5. The molecular weight excluding hydrogens is 607 g/mol. The lowest BCUT2D eigenvalue weighted by molar-refractivity contribution is -0.253. The summed E-state index contributed by atoms with van der Waals surface area (Å²) in [6.45, 7) is 3.40. The molecule has 0 aromatic heterocycles. The van der Waals surface area contributed by atoms with Crippen LogP contribution in [0.1, 0.15) is 73.2 Å². The zero-order valence-electron chi connectivity index (χ0n) is 24.2. The van der Waals surface area contributed by atoms with E-state index in [1.807, 2.05) is 36.4 Å². The maximum Gasteiger partial charge on any atom is 0.272 e. The van der Waals surface area contributed by atoms with Crippen LogP contribution in [-0.4, -0.2) is 45.4 Å². The number of aliphatic hydroxyl groups excluding tert-OH is 1. The molecule has 5 rings (SSSR count).